The molecule has 0 radical (unpaired) electrons. The van der Waals surface area contributed by atoms with Crippen LogP contribution in [0, 0.1) is 0 Å². The maximum absolute atomic E-state index is 12.1. The fraction of sp³-hybridized carbons (Fsp3) is 0.500. The quantitative estimate of drug-likeness (QED) is 0.804. The summed E-state index contributed by atoms with van der Waals surface area (Å²) in [7, 11) is 2.88. The van der Waals surface area contributed by atoms with Crippen molar-refractivity contribution in [1.82, 2.24) is 5.32 Å². The number of quaternary nitrogens is 1. The molecule has 120 valence electrons. The largest absolute Gasteiger partial charge is 0.497 e. The number of hydrogen-bond acceptors (Lipinski definition) is 4. The van der Waals surface area contributed by atoms with E-state index in [1.165, 1.54) is 12.0 Å². The number of rotatable bonds is 6. The van der Waals surface area contributed by atoms with Gasteiger partial charge < -0.3 is 14.4 Å². The van der Waals surface area contributed by atoms with E-state index in [1.54, 1.807) is 7.11 Å². The summed E-state index contributed by atoms with van der Waals surface area (Å²) in [5, 5.41) is 2.26. The van der Waals surface area contributed by atoms with Gasteiger partial charge in [-0.2, -0.15) is 0 Å². The zero-order valence-corrected chi connectivity index (χ0v) is 13.2. The molecule has 0 bridgehead atoms. The van der Waals surface area contributed by atoms with Gasteiger partial charge in [-0.3, -0.25) is 10.1 Å². The maximum Gasteiger partial charge on any atom is 0.413 e. The van der Waals surface area contributed by atoms with Crippen LogP contribution in [0.15, 0.2) is 24.3 Å². The number of carbonyl (C=O) groups excluding carboxylic acids is 2. The van der Waals surface area contributed by atoms with Crippen LogP contribution in [0.4, 0.5) is 4.79 Å². The molecule has 1 aliphatic rings. The first-order valence-electron chi connectivity index (χ1n) is 7.42. The Hall–Kier alpha value is -2.08. The SMILES string of the molecule is COC(=O)NC(=O)[C@@H](C)[NH+](Cc1ccc(OC)cc1)C1CC1. The van der Waals surface area contributed by atoms with E-state index in [4.69, 9.17) is 4.74 Å². The molecule has 2 atom stereocenters. The van der Waals surface area contributed by atoms with Crippen LogP contribution in [0.3, 0.4) is 0 Å². The third-order valence-electron chi connectivity index (χ3n) is 4.03. The standard InChI is InChI=1S/C16H22N2O4/c1-11(15(19)17-16(20)22-3)18(13-6-7-13)10-12-4-8-14(21-2)9-5-12/h4-5,8-9,11,13H,6-7,10H2,1-3H3,(H,17,19,20)/p+1/t11-/m1/s1. The van der Waals surface area contributed by atoms with Gasteiger partial charge in [0.25, 0.3) is 5.91 Å². The fourth-order valence-electron chi connectivity index (χ4n) is 2.51. The van der Waals surface area contributed by atoms with E-state index in [1.807, 2.05) is 31.2 Å². The van der Waals surface area contributed by atoms with Crippen molar-refractivity contribution in [3.05, 3.63) is 29.8 Å². The second-order valence-electron chi connectivity index (χ2n) is 5.58. The second-order valence-corrected chi connectivity index (χ2v) is 5.58. The van der Waals surface area contributed by atoms with Crippen molar-refractivity contribution in [1.29, 1.82) is 0 Å². The molecule has 0 aliphatic heterocycles. The molecule has 1 aliphatic carbocycles. The molecule has 1 saturated carbocycles. The van der Waals surface area contributed by atoms with Gasteiger partial charge in [0, 0.05) is 18.4 Å². The van der Waals surface area contributed by atoms with Crippen molar-refractivity contribution in [3.8, 4) is 5.75 Å². The number of benzene rings is 1. The van der Waals surface area contributed by atoms with Crippen molar-refractivity contribution < 1.29 is 24.0 Å². The van der Waals surface area contributed by atoms with Gasteiger partial charge in [-0.15, -0.1) is 0 Å². The Labute approximate surface area is 130 Å². The van der Waals surface area contributed by atoms with Gasteiger partial charge in [-0.1, -0.05) is 0 Å². The number of ether oxygens (including phenoxy) is 2. The van der Waals surface area contributed by atoms with Gasteiger partial charge in [0.15, 0.2) is 6.04 Å². The topological polar surface area (TPSA) is 69.1 Å². The number of amides is 2. The molecule has 0 saturated heterocycles. The van der Waals surface area contributed by atoms with Crippen molar-refractivity contribution in [3.63, 3.8) is 0 Å². The van der Waals surface area contributed by atoms with E-state index in [-0.39, 0.29) is 11.9 Å². The van der Waals surface area contributed by atoms with Crippen LogP contribution >= 0.6 is 0 Å². The van der Waals surface area contributed by atoms with Crippen LogP contribution in [-0.4, -0.2) is 38.3 Å². The van der Waals surface area contributed by atoms with Crippen LogP contribution in [0.2, 0.25) is 0 Å². The first-order chi connectivity index (χ1) is 10.5. The van der Waals surface area contributed by atoms with Gasteiger partial charge in [0.05, 0.1) is 20.3 Å². The molecule has 6 nitrogen and oxygen atoms in total. The summed E-state index contributed by atoms with van der Waals surface area (Å²) in [4.78, 5) is 24.5. The number of hydrogen-bond donors (Lipinski definition) is 2. The van der Waals surface area contributed by atoms with Crippen LogP contribution in [0.1, 0.15) is 25.3 Å². The van der Waals surface area contributed by atoms with Crippen molar-refractivity contribution in [2.24, 2.45) is 0 Å². The van der Waals surface area contributed by atoms with Gasteiger partial charge in [0.1, 0.15) is 12.3 Å². The number of methoxy groups -OCH3 is 2. The smallest absolute Gasteiger partial charge is 0.413 e. The monoisotopic (exact) mass is 307 g/mol. The third kappa shape index (κ3) is 4.21. The van der Waals surface area contributed by atoms with Crippen LogP contribution in [0.5, 0.6) is 5.75 Å². The number of alkyl carbamates (subject to hydrolysis) is 1. The molecule has 0 heterocycles. The van der Waals surface area contributed by atoms with Crippen LogP contribution in [0.25, 0.3) is 0 Å². The number of nitrogens with one attached hydrogen (secondary N) is 2. The Morgan fingerprint density at radius 2 is 1.91 bits per heavy atom. The third-order valence-corrected chi connectivity index (χ3v) is 4.03. The lowest BCUT2D eigenvalue weighted by atomic mass is 10.1. The summed E-state index contributed by atoms with van der Waals surface area (Å²) in [5.41, 5.74) is 1.14. The molecular weight excluding hydrogens is 284 g/mol. The lowest BCUT2D eigenvalue weighted by molar-refractivity contribution is -0.938. The molecule has 1 aromatic rings. The average molecular weight is 307 g/mol. The molecule has 2 N–H and O–H groups in total. The summed E-state index contributed by atoms with van der Waals surface area (Å²) in [6.07, 6.45) is 1.51. The summed E-state index contributed by atoms with van der Waals surface area (Å²) < 4.78 is 9.63. The highest BCUT2D eigenvalue weighted by Crippen LogP contribution is 2.17. The minimum atomic E-state index is -0.712. The highest BCUT2D eigenvalue weighted by molar-refractivity contribution is 5.93. The zero-order chi connectivity index (χ0) is 16.1. The van der Waals surface area contributed by atoms with Gasteiger partial charge >= 0.3 is 6.09 Å². The first-order valence-corrected chi connectivity index (χ1v) is 7.42. The zero-order valence-electron chi connectivity index (χ0n) is 13.2. The molecule has 2 rings (SSSR count). The Bertz CT molecular complexity index is 525. The van der Waals surface area contributed by atoms with Crippen molar-refractivity contribution in [2.45, 2.75) is 38.4 Å². The van der Waals surface area contributed by atoms with E-state index in [9.17, 15) is 9.59 Å². The van der Waals surface area contributed by atoms with E-state index in [0.717, 1.165) is 30.7 Å². The molecular formula is C16H23N2O4+. The molecule has 1 fully saturated rings. The average Bonchev–Trinajstić information content (AvgIpc) is 3.37. The Kier molecular flexibility index (Phi) is 5.38. The summed E-state index contributed by atoms with van der Waals surface area (Å²) in [5.74, 6) is 0.510. The van der Waals surface area contributed by atoms with Crippen molar-refractivity contribution in [2.75, 3.05) is 14.2 Å². The van der Waals surface area contributed by atoms with E-state index in [2.05, 4.69) is 10.1 Å². The minimum Gasteiger partial charge on any atom is -0.497 e. The molecule has 1 aromatic carbocycles. The Morgan fingerprint density at radius 3 is 2.41 bits per heavy atom. The predicted octanol–water partition coefficient (Wildman–Crippen LogP) is 0.514. The minimum absolute atomic E-state index is 0.303. The predicted molar refractivity (Wildman–Crippen MR) is 80.7 cm³/mol. The van der Waals surface area contributed by atoms with Crippen LogP contribution < -0.4 is 15.0 Å². The highest BCUT2D eigenvalue weighted by Gasteiger charge is 2.39. The van der Waals surface area contributed by atoms with Gasteiger partial charge in [0.2, 0.25) is 0 Å². The molecule has 1 unspecified atom stereocenters. The highest BCUT2D eigenvalue weighted by atomic mass is 16.5. The molecule has 2 amide bonds. The van der Waals surface area contributed by atoms with E-state index < -0.39 is 6.09 Å². The molecule has 6 heteroatoms. The normalized spacial score (nSPS) is 16.5. The lowest BCUT2D eigenvalue weighted by Gasteiger charge is -2.25. The van der Waals surface area contributed by atoms with E-state index >= 15 is 0 Å². The number of carbonyl (C=O) groups is 2. The second kappa shape index (κ2) is 7.26. The molecule has 0 spiro atoms. The van der Waals surface area contributed by atoms with E-state index in [0.29, 0.717) is 6.04 Å². The summed E-state index contributed by atoms with van der Waals surface area (Å²) in [6.45, 7) is 2.58. The first kappa shape index (κ1) is 16.3. The van der Waals surface area contributed by atoms with Crippen molar-refractivity contribution >= 4 is 12.0 Å². The maximum atomic E-state index is 12.1. The Balaban J connectivity index is 2.02. The van der Waals surface area contributed by atoms with Gasteiger partial charge in [-0.25, -0.2) is 4.79 Å². The summed E-state index contributed by atoms with van der Waals surface area (Å²) >= 11 is 0. The molecule has 0 aromatic heterocycles. The van der Waals surface area contributed by atoms with Gasteiger partial charge in [-0.05, 0) is 31.2 Å². The number of imide groups is 1. The molecule has 22 heavy (non-hydrogen) atoms. The fourth-order valence-corrected chi connectivity index (χ4v) is 2.51. The van der Waals surface area contributed by atoms with Crippen LogP contribution in [-0.2, 0) is 16.1 Å². The Morgan fingerprint density at radius 1 is 1.27 bits per heavy atom. The summed E-state index contributed by atoms with van der Waals surface area (Å²) in [6, 6.07) is 8.00. The lowest BCUT2D eigenvalue weighted by Crippen LogP contribution is -3.16.